The van der Waals surface area contributed by atoms with Crippen LogP contribution in [0.3, 0.4) is 0 Å². The molecule has 0 aliphatic heterocycles. The lowest BCUT2D eigenvalue weighted by atomic mass is 10.3. The van der Waals surface area contributed by atoms with E-state index in [1.165, 1.54) is 50.1 Å². The summed E-state index contributed by atoms with van der Waals surface area (Å²) >= 11 is 1.25. The summed E-state index contributed by atoms with van der Waals surface area (Å²) in [6.45, 7) is 1.38. The number of esters is 2. The molecular weight excluding hydrogens is 318 g/mol. The van der Waals surface area contributed by atoms with E-state index in [2.05, 4.69) is 9.47 Å². The van der Waals surface area contributed by atoms with Crippen LogP contribution in [0.15, 0.2) is 52.9 Å². The molecule has 0 aliphatic carbocycles. The van der Waals surface area contributed by atoms with Gasteiger partial charge in [0, 0.05) is 30.2 Å². The summed E-state index contributed by atoms with van der Waals surface area (Å²) in [5.74, 6) is -1.30. The molecule has 0 spiro atoms. The summed E-state index contributed by atoms with van der Waals surface area (Å²) in [5, 5.41) is 1.56. The third-order valence-corrected chi connectivity index (χ3v) is 3.50. The molecule has 122 valence electrons. The van der Waals surface area contributed by atoms with Crippen molar-refractivity contribution in [1.29, 1.82) is 0 Å². The van der Waals surface area contributed by atoms with Gasteiger partial charge in [0.15, 0.2) is 0 Å². The predicted molar refractivity (Wildman–Crippen MR) is 87.8 cm³/mol. The molecule has 0 N–H and O–H groups in total. The van der Waals surface area contributed by atoms with Crippen molar-refractivity contribution < 1.29 is 23.9 Å². The second-order valence-corrected chi connectivity index (χ2v) is 5.09. The fourth-order valence-electron chi connectivity index (χ4n) is 1.55. The number of nitrogens with zero attached hydrogens (tertiary/aromatic N) is 1. The van der Waals surface area contributed by atoms with E-state index in [0.29, 0.717) is 5.69 Å². The zero-order valence-electron chi connectivity index (χ0n) is 13.0. The van der Waals surface area contributed by atoms with E-state index in [1.807, 2.05) is 0 Å². The van der Waals surface area contributed by atoms with Gasteiger partial charge in [-0.15, -0.1) is 0 Å². The minimum Gasteiger partial charge on any atom is -0.466 e. The molecule has 0 aromatic heterocycles. The number of hydrogen-bond acceptors (Lipinski definition) is 6. The maximum absolute atomic E-state index is 11.8. The van der Waals surface area contributed by atoms with Crippen LogP contribution in [0.4, 0.5) is 5.69 Å². The third kappa shape index (κ3) is 5.99. The molecule has 0 saturated carbocycles. The fourth-order valence-corrected chi connectivity index (χ4v) is 2.32. The molecule has 1 aromatic rings. The van der Waals surface area contributed by atoms with Crippen LogP contribution in [-0.2, 0) is 23.9 Å². The van der Waals surface area contributed by atoms with Crippen LogP contribution >= 0.6 is 11.8 Å². The Morgan fingerprint density at radius 2 is 1.65 bits per heavy atom. The van der Waals surface area contributed by atoms with Crippen molar-refractivity contribution in [3.8, 4) is 0 Å². The zero-order valence-corrected chi connectivity index (χ0v) is 13.8. The number of carbonyl (C=O) groups is 3. The number of para-hydroxylation sites is 1. The van der Waals surface area contributed by atoms with Crippen molar-refractivity contribution in [3.05, 3.63) is 48.0 Å². The predicted octanol–water partition coefficient (Wildman–Crippen LogP) is 2.51. The minimum atomic E-state index is -0.563. The third-order valence-electron chi connectivity index (χ3n) is 2.63. The van der Waals surface area contributed by atoms with Crippen molar-refractivity contribution in [1.82, 2.24) is 0 Å². The lowest BCUT2D eigenvalue weighted by molar-refractivity contribution is -0.135. The normalized spacial score (nSPS) is 10.7. The first kappa shape index (κ1) is 18.5. The number of methoxy groups -OCH3 is 2. The van der Waals surface area contributed by atoms with Crippen LogP contribution in [-0.4, -0.2) is 32.1 Å². The molecule has 1 rings (SSSR count). The van der Waals surface area contributed by atoms with Gasteiger partial charge in [0.1, 0.15) is 0 Å². The second-order valence-electron chi connectivity index (χ2n) is 4.14. The quantitative estimate of drug-likeness (QED) is 0.452. The molecule has 1 aromatic carbocycles. The summed E-state index contributed by atoms with van der Waals surface area (Å²) in [5.41, 5.74) is 0.583. The molecule has 0 saturated heterocycles. The van der Waals surface area contributed by atoms with Crippen LogP contribution in [0.1, 0.15) is 6.92 Å². The van der Waals surface area contributed by atoms with E-state index < -0.39 is 11.9 Å². The van der Waals surface area contributed by atoms with Crippen molar-refractivity contribution in [2.24, 2.45) is 0 Å². The number of carbonyl (C=O) groups excluding carboxylic acids is 3. The Labute approximate surface area is 138 Å². The summed E-state index contributed by atoms with van der Waals surface area (Å²) in [6, 6.07) is 7.10. The Hall–Kier alpha value is -2.54. The molecule has 0 bridgehead atoms. The van der Waals surface area contributed by atoms with Crippen LogP contribution in [0, 0.1) is 0 Å². The zero-order chi connectivity index (χ0) is 17.2. The highest BCUT2D eigenvalue weighted by Gasteiger charge is 2.13. The first-order valence-corrected chi connectivity index (χ1v) is 7.43. The molecule has 0 unspecified atom stereocenters. The van der Waals surface area contributed by atoms with E-state index in [9.17, 15) is 14.4 Å². The van der Waals surface area contributed by atoms with Crippen LogP contribution in [0.25, 0.3) is 0 Å². The molecule has 0 radical (unpaired) electrons. The molecule has 1 amide bonds. The first-order valence-electron chi connectivity index (χ1n) is 6.55. The van der Waals surface area contributed by atoms with Crippen LogP contribution in [0.2, 0.25) is 0 Å². The Morgan fingerprint density at radius 1 is 1.04 bits per heavy atom. The highest BCUT2D eigenvalue weighted by molar-refractivity contribution is 8.02. The summed E-state index contributed by atoms with van der Waals surface area (Å²) in [7, 11) is 2.55. The number of benzene rings is 1. The SMILES string of the molecule is COC(=O)/C=C\Sc1ccccc1N(/C=C/C(=O)OC)C(C)=O. The standard InChI is InChI=1S/C16H17NO5S/c1-12(18)17(10-8-15(19)21-2)13-6-4-5-7-14(13)23-11-9-16(20)22-3/h4-11H,1-3H3/b10-8+,11-9-. The molecule has 0 fully saturated rings. The van der Waals surface area contributed by atoms with Gasteiger partial charge in [-0.25, -0.2) is 9.59 Å². The van der Waals surface area contributed by atoms with Gasteiger partial charge in [0.2, 0.25) is 5.91 Å². The van der Waals surface area contributed by atoms with E-state index in [4.69, 9.17) is 0 Å². The number of hydrogen-bond donors (Lipinski definition) is 0. The number of ether oxygens (including phenoxy) is 2. The van der Waals surface area contributed by atoms with Gasteiger partial charge < -0.3 is 9.47 Å². The highest BCUT2D eigenvalue weighted by atomic mass is 32.2. The monoisotopic (exact) mass is 335 g/mol. The Kier molecular flexibility index (Phi) is 7.62. The average molecular weight is 335 g/mol. The molecule has 23 heavy (non-hydrogen) atoms. The molecule has 0 aliphatic rings. The lowest BCUT2D eigenvalue weighted by Crippen LogP contribution is -2.23. The van der Waals surface area contributed by atoms with Crippen LogP contribution in [0.5, 0.6) is 0 Å². The molecule has 7 heteroatoms. The highest BCUT2D eigenvalue weighted by Crippen LogP contribution is 2.31. The van der Waals surface area contributed by atoms with Gasteiger partial charge in [0.25, 0.3) is 0 Å². The molecule has 0 atom stereocenters. The maximum atomic E-state index is 11.8. The molecular formula is C16H17NO5S. The summed E-state index contributed by atoms with van der Waals surface area (Å²) < 4.78 is 9.03. The van der Waals surface area contributed by atoms with E-state index in [1.54, 1.807) is 29.7 Å². The van der Waals surface area contributed by atoms with Crippen molar-refractivity contribution in [2.45, 2.75) is 11.8 Å². The van der Waals surface area contributed by atoms with Gasteiger partial charge in [-0.3, -0.25) is 9.69 Å². The van der Waals surface area contributed by atoms with Gasteiger partial charge in [-0.05, 0) is 17.5 Å². The van der Waals surface area contributed by atoms with Gasteiger partial charge in [-0.2, -0.15) is 0 Å². The van der Waals surface area contributed by atoms with E-state index in [0.717, 1.165) is 11.0 Å². The number of rotatable bonds is 6. The van der Waals surface area contributed by atoms with Crippen molar-refractivity contribution >= 4 is 35.3 Å². The fraction of sp³-hybridized carbons (Fsp3) is 0.188. The topological polar surface area (TPSA) is 72.9 Å². The lowest BCUT2D eigenvalue weighted by Gasteiger charge is -2.19. The summed E-state index contributed by atoms with van der Waals surface area (Å²) in [4.78, 5) is 36.2. The first-order chi connectivity index (χ1) is 11.0. The minimum absolute atomic E-state index is 0.268. The van der Waals surface area contributed by atoms with Gasteiger partial charge in [-0.1, -0.05) is 23.9 Å². The van der Waals surface area contributed by atoms with Crippen LogP contribution < -0.4 is 4.90 Å². The average Bonchev–Trinajstić information content (AvgIpc) is 2.55. The molecule has 6 nitrogen and oxygen atoms in total. The van der Waals surface area contributed by atoms with Crippen molar-refractivity contribution in [2.75, 3.05) is 19.1 Å². The number of thioether (sulfide) groups is 1. The second kappa shape index (κ2) is 9.47. The largest absolute Gasteiger partial charge is 0.466 e. The van der Waals surface area contributed by atoms with Gasteiger partial charge >= 0.3 is 11.9 Å². The Bertz CT molecular complexity index is 639. The Balaban J connectivity index is 3.06. The molecule has 0 heterocycles. The summed E-state index contributed by atoms with van der Waals surface area (Å²) in [6.07, 6.45) is 3.79. The number of amides is 1. The van der Waals surface area contributed by atoms with E-state index >= 15 is 0 Å². The maximum Gasteiger partial charge on any atom is 0.331 e. The smallest absolute Gasteiger partial charge is 0.331 e. The number of anilines is 1. The van der Waals surface area contributed by atoms with Gasteiger partial charge in [0.05, 0.1) is 19.9 Å². The van der Waals surface area contributed by atoms with E-state index in [-0.39, 0.29) is 5.91 Å². The Morgan fingerprint density at radius 3 is 2.26 bits per heavy atom. The van der Waals surface area contributed by atoms with Crippen molar-refractivity contribution in [3.63, 3.8) is 0 Å².